The van der Waals surface area contributed by atoms with Crippen LogP contribution < -0.4 is 0 Å². The highest BCUT2D eigenvalue weighted by molar-refractivity contribution is 7.83. The van der Waals surface area contributed by atoms with E-state index in [2.05, 4.69) is 12.6 Å². The maximum absolute atomic E-state index is 3.87. The SMILES string of the molecule is C\C=C/C=C\C=C\S. The Morgan fingerprint density at radius 1 is 1.00 bits per heavy atom. The van der Waals surface area contributed by atoms with Crippen LogP contribution in [0.3, 0.4) is 0 Å². The van der Waals surface area contributed by atoms with Gasteiger partial charge in [0.25, 0.3) is 0 Å². The Morgan fingerprint density at radius 2 is 1.62 bits per heavy atom. The van der Waals surface area contributed by atoms with E-state index in [1.807, 2.05) is 37.3 Å². The van der Waals surface area contributed by atoms with Gasteiger partial charge in [-0.15, -0.1) is 0 Å². The Bertz CT molecular complexity index is 95.6. The zero-order chi connectivity index (χ0) is 6.24. The second-order valence-electron chi connectivity index (χ2n) is 1.25. The van der Waals surface area contributed by atoms with Gasteiger partial charge in [0.2, 0.25) is 0 Å². The summed E-state index contributed by atoms with van der Waals surface area (Å²) in [7, 11) is 0. The van der Waals surface area contributed by atoms with Gasteiger partial charge in [-0.2, -0.15) is 12.6 Å². The molecule has 0 atom stereocenters. The van der Waals surface area contributed by atoms with Crippen LogP contribution in [0.4, 0.5) is 0 Å². The summed E-state index contributed by atoms with van der Waals surface area (Å²) in [5, 5.41) is 1.69. The van der Waals surface area contributed by atoms with Gasteiger partial charge < -0.3 is 0 Å². The molecule has 0 N–H and O–H groups in total. The fourth-order valence-corrected chi connectivity index (χ4v) is 0.388. The molecule has 0 spiro atoms. The van der Waals surface area contributed by atoms with E-state index < -0.39 is 0 Å². The Balaban J connectivity index is 3.35. The van der Waals surface area contributed by atoms with Crippen LogP contribution in [-0.2, 0) is 0 Å². The van der Waals surface area contributed by atoms with Crippen molar-refractivity contribution in [2.24, 2.45) is 0 Å². The maximum Gasteiger partial charge on any atom is -0.0324 e. The lowest BCUT2D eigenvalue weighted by molar-refractivity contribution is 1.73. The van der Waals surface area contributed by atoms with Gasteiger partial charge in [0, 0.05) is 0 Å². The molecule has 0 amide bonds. The summed E-state index contributed by atoms with van der Waals surface area (Å²) in [6, 6.07) is 0. The number of thiol groups is 1. The van der Waals surface area contributed by atoms with Crippen molar-refractivity contribution in [3.8, 4) is 0 Å². The fraction of sp³-hybridized carbons (Fsp3) is 0.143. The van der Waals surface area contributed by atoms with Crippen LogP contribution in [0, 0.1) is 0 Å². The van der Waals surface area contributed by atoms with Crippen LogP contribution in [0.5, 0.6) is 0 Å². The molecule has 0 aromatic carbocycles. The minimum atomic E-state index is 1.69. The van der Waals surface area contributed by atoms with E-state index in [1.54, 1.807) is 5.41 Å². The summed E-state index contributed by atoms with van der Waals surface area (Å²) >= 11 is 3.87. The first-order chi connectivity index (χ1) is 3.91. The maximum atomic E-state index is 3.87. The van der Waals surface area contributed by atoms with Crippen molar-refractivity contribution in [3.63, 3.8) is 0 Å². The van der Waals surface area contributed by atoms with Gasteiger partial charge in [0.05, 0.1) is 0 Å². The third kappa shape index (κ3) is 5.57. The molecule has 0 heterocycles. The lowest BCUT2D eigenvalue weighted by Gasteiger charge is -1.67. The van der Waals surface area contributed by atoms with Gasteiger partial charge in [0.1, 0.15) is 0 Å². The summed E-state index contributed by atoms with van der Waals surface area (Å²) in [4.78, 5) is 0. The Morgan fingerprint density at radius 3 is 2.12 bits per heavy atom. The minimum Gasteiger partial charge on any atom is -0.151 e. The largest absolute Gasteiger partial charge is 0.151 e. The first kappa shape index (κ1) is 7.57. The summed E-state index contributed by atoms with van der Waals surface area (Å²) in [5.74, 6) is 0. The molecule has 0 rings (SSSR count). The molecule has 0 saturated carbocycles. The normalized spacial score (nSPS) is 12.8. The van der Waals surface area contributed by atoms with E-state index in [-0.39, 0.29) is 0 Å². The van der Waals surface area contributed by atoms with Crippen LogP contribution in [-0.4, -0.2) is 0 Å². The third-order valence-corrected chi connectivity index (χ3v) is 0.784. The van der Waals surface area contributed by atoms with Crippen molar-refractivity contribution < 1.29 is 0 Å². The van der Waals surface area contributed by atoms with Crippen LogP contribution in [0.15, 0.2) is 35.8 Å². The molecule has 1 heteroatoms. The molecule has 8 heavy (non-hydrogen) atoms. The zero-order valence-electron chi connectivity index (χ0n) is 4.91. The molecule has 0 fully saturated rings. The van der Waals surface area contributed by atoms with E-state index in [9.17, 15) is 0 Å². The van der Waals surface area contributed by atoms with E-state index in [0.717, 1.165) is 0 Å². The first-order valence-electron chi connectivity index (χ1n) is 2.50. The Kier molecular flexibility index (Phi) is 6.22. The third-order valence-electron chi connectivity index (χ3n) is 0.612. The van der Waals surface area contributed by atoms with Crippen LogP contribution >= 0.6 is 12.6 Å². The molecule has 0 bridgehead atoms. The Labute approximate surface area is 56.0 Å². The monoisotopic (exact) mass is 126 g/mol. The van der Waals surface area contributed by atoms with Crippen molar-refractivity contribution in [3.05, 3.63) is 35.8 Å². The second kappa shape index (κ2) is 6.57. The molecule has 0 aliphatic heterocycles. The number of allylic oxidation sites excluding steroid dienone is 5. The zero-order valence-corrected chi connectivity index (χ0v) is 5.81. The van der Waals surface area contributed by atoms with Crippen molar-refractivity contribution in [2.45, 2.75) is 6.92 Å². The van der Waals surface area contributed by atoms with Gasteiger partial charge >= 0.3 is 0 Å². The first-order valence-corrected chi connectivity index (χ1v) is 3.02. The molecule has 44 valence electrons. The lowest BCUT2D eigenvalue weighted by atomic mass is 10.4. The molecular formula is C7H10S. The highest BCUT2D eigenvalue weighted by Gasteiger charge is 1.55. The smallest absolute Gasteiger partial charge is 0.0324 e. The highest BCUT2D eigenvalue weighted by atomic mass is 32.1. The van der Waals surface area contributed by atoms with E-state index in [4.69, 9.17) is 0 Å². The van der Waals surface area contributed by atoms with Crippen LogP contribution in [0.25, 0.3) is 0 Å². The average Bonchev–Trinajstić information content (AvgIpc) is 1.81. The van der Waals surface area contributed by atoms with Crippen LogP contribution in [0.2, 0.25) is 0 Å². The molecule has 0 aliphatic rings. The minimum absolute atomic E-state index is 1.69. The predicted molar refractivity (Wildman–Crippen MR) is 42.1 cm³/mol. The molecular weight excluding hydrogens is 116 g/mol. The van der Waals surface area contributed by atoms with E-state index >= 15 is 0 Å². The summed E-state index contributed by atoms with van der Waals surface area (Å²) in [5.41, 5.74) is 0. The van der Waals surface area contributed by atoms with E-state index in [1.165, 1.54) is 0 Å². The summed E-state index contributed by atoms with van der Waals surface area (Å²) < 4.78 is 0. The summed E-state index contributed by atoms with van der Waals surface area (Å²) in [6.07, 6.45) is 9.68. The van der Waals surface area contributed by atoms with Gasteiger partial charge in [-0.1, -0.05) is 30.4 Å². The molecule has 0 saturated heterocycles. The van der Waals surface area contributed by atoms with Crippen molar-refractivity contribution in [2.75, 3.05) is 0 Å². The average molecular weight is 126 g/mol. The van der Waals surface area contributed by atoms with Gasteiger partial charge in [-0.3, -0.25) is 0 Å². The molecule has 0 aromatic rings. The highest BCUT2D eigenvalue weighted by Crippen LogP contribution is 1.80. The number of hydrogen-bond acceptors (Lipinski definition) is 1. The van der Waals surface area contributed by atoms with Gasteiger partial charge in [0.15, 0.2) is 0 Å². The van der Waals surface area contributed by atoms with Crippen molar-refractivity contribution in [1.82, 2.24) is 0 Å². The number of rotatable bonds is 2. The van der Waals surface area contributed by atoms with E-state index in [0.29, 0.717) is 0 Å². The second-order valence-corrected chi connectivity index (χ2v) is 1.55. The Hall–Kier alpha value is -0.430. The van der Waals surface area contributed by atoms with Gasteiger partial charge in [-0.05, 0) is 12.3 Å². The van der Waals surface area contributed by atoms with Gasteiger partial charge in [-0.25, -0.2) is 0 Å². The summed E-state index contributed by atoms with van der Waals surface area (Å²) in [6.45, 7) is 1.98. The molecule has 0 unspecified atom stereocenters. The molecule has 0 nitrogen and oxygen atoms in total. The van der Waals surface area contributed by atoms with Crippen molar-refractivity contribution in [1.29, 1.82) is 0 Å². The van der Waals surface area contributed by atoms with Crippen LogP contribution in [0.1, 0.15) is 6.92 Å². The standard InChI is InChI=1S/C7H10S/c1-2-3-4-5-6-7-8/h2-8H,1H3/b3-2-,5-4-,7-6+. The fourth-order valence-electron chi connectivity index (χ4n) is 0.289. The quantitative estimate of drug-likeness (QED) is 0.426. The number of hydrogen-bond donors (Lipinski definition) is 1. The van der Waals surface area contributed by atoms with Crippen molar-refractivity contribution >= 4 is 12.6 Å². The predicted octanol–water partition coefficient (Wildman–Crippen LogP) is 2.56. The molecule has 0 aromatic heterocycles. The molecule has 0 aliphatic carbocycles. The lowest BCUT2D eigenvalue weighted by Crippen LogP contribution is -1.44. The molecule has 0 radical (unpaired) electrons. The topological polar surface area (TPSA) is 0 Å².